The summed E-state index contributed by atoms with van der Waals surface area (Å²) in [4.78, 5) is 23.0. The monoisotopic (exact) mass is 258 g/mol. The molecule has 0 aliphatic rings. The van der Waals surface area contributed by atoms with Crippen molar-refractivity contribution in [1.82, 2.24) is 0 Å². The third-order valence-electron chi connectivity index (χ3n) is 2.03. The van der Waals surface area contributed by atoms with Crippen molar-refractivity contribution >= 4 is 11.9 Å². The summed E-state index contributed by atoms with van der Waals surface area (Å²) in [5.74, 6) is -0.249. The van der Waals surface area contributed by atoms with Gasteiger partial charge in [-0.3, -0.25) is 9.59 Å². The molecule has 0 aliphatic heterocycles. The van der Waals surface area contributed by atoms with Crippen LogP contribution in [0.15, 0.2) is 0 Å². The van der Waals surface area contributed by atoms with Gasteiger partial charge < -0.3 is 9.47 Å². The van der Waals surface area contributed by atoms with E-state index in [1.165, 1.54) is 0 Å². The van der Waals surface area contributed by atoms with E-state index in [2.05, 4.69) is 0 Å². The van der Waals surface area contributed by atoms with Crippen LogP contribution < -0.4 is 0 Å². The number of rotatable bonds is 6. The van der Waals surface area contributed by atoms with Crippen LogP contribution in [0.25, 0.3) is 0 Å². The Kier molecular flexibility index (Phi) is 6.96. The van der Waals surface area contributed by atoms with Crippen molar-refractivity contribution in [1.29, 1.82) is 0 Å². The van der Waals surface area contributed by atoms with Gasteiger partial charge in [0, 0.05) is 12.8 Å². The normalized spacial score (nSPS) is 13.3. The maximum Gasteiger partial charge on any atom is 0.306 e. The molecule has 0 heterocycles. The van der Waals surface area contributed by atoms with Crippen LogP contribution in [0.2, 0.25) is 0 Å². The predicted molar refractivity (Wildman–Crippen MR) is 70.0 cm³/mol. The van der Waals surface area contributed by atoms with Gasteiger partial charge in [0.2, 0.25) is 0 Å². The van der Waals surface area contributed by atoms with Gasteiger partial charge in [-0.1, -0.05) is 20.8 Å². The SMILES string of the molecule is CC(C)COC(=O)CC(C)CC(=O)OC(C)(C)C. The van der Waals surface area contributed by atoms with Crippen molar-refractivity contribution < 1.29 is 19.1 Å². The summed E-state index contributed by atoms with van der Waals surface area (Å²) in [6.45, 7) is 11.7. The number of esters is 2. The van der Waals surface area contributed by atoms with Crippen LogP contribution >= 0.6 is 0 Å². The lowest BCUT2D eigenvalue weighted by Crippen LogP contribution is -2.25. The molecular formula is C14H26O4. The molecule has 4 heteroatoms. The zero-order chi connectivity index (χ0) is 14.3. The number of hydrogen-bond donors (Lipinski definition) is 0. The first-order valence-corrected chi connectivity index (χ1v) is 6.47. The number of carbonyl (C=O) groups is 2. The van der Waals surface area contributed by atoms with Gasteiger partial charge in [0.25, 0.3) is 0 Å². The van der Waals surface area contributed by atoms with Crippen LogP contribution in [0.5, 0.6) is 0 Å². The van der Waals surface area contributed by atoms with Crippen LogP contribution in [0.4, 0.5) is 0 Å². The third-order valence-corrected chi connectivity index (χ3v) is 2.03. The highest BCUT2D eigenvalue weighted by atomic mass is 16.6. The lowest BCUT2D eigenvalue weighted by Gasteiger charge is -2.20. The predicted octanol–water partition coefficient (Wildman–Crippen LogP) is 2.94. The average molecular weight is 258 g/mol. The van der Waals surface area contributed by atoms with Crippen molar-refractivity contribution in [2.24, 2.45) is 11.8 Å². The summed E-state index contributed by atoms with van der Waals surface area (Å²) in [6.07, 6.45) is 0.500. The van der Waals surface area contributed by atoms with E-state index in [0.717, 1.165) is 0 Å². The Morgan fingerprint density at radius 1 is 1.00 bits per heavy atom. The summed E-state index contributed by atoms with van der Waals surface area (Å²) >= 11 is 0. The molecule has 0 saturated carbocycles. The Hall–Kier alpha value is -1.06. The van der Waals surface area contributed by atoms with E-state index in [9.17, 15) is 9.59 Å². The molecule has 4 nitrogen and oxygen atoms in total. The number of carbonyl (C=O) groups excluding carboxylic acids is 2. The largest absolute Gasteiger partial charge is 0.465 e. The molecule has 0 saturated heterocycles. The molecule has 0 aromatic heterocycles. The fourth-order valence-electron chi connectivity index (χ4n) is 1.34. The maximum absolute atomic E-state index is 11.5. The van der Waals surface area contributed by atoms with Crippen molar-refractivity contribution in [2.45, 2.75) is 60.0 Å². The zero-order valence-corrected chi connectivity index (χ0v) is 12.4. The Bertz CT molecular complexity index is 276. The highest BCUT2D eigenvalue weighted by Crippen LogP contribution is 2.14. The molecule has 1 atom stereocenters. The zero-order valence-electron chi connectivity index (χ0n) is 12.4. The molecule has 0 aliphatic carbocycles. The van der Waals surface area contributed by atoms with E-state index in [1.54, 1.807) is 0 Å². The second-order valence-corrected chi connectivity index (χ2v) is 6.18. The van der Waals surface area contributed by atoms with E-state index in [4.69, 9.17) is 9.47 Å². The highest BCUT2D eigenvalue weighted by molar-refractivity contribution is 5.73. The molecule has 0 radical (unpaired) electrons. The van der Waals surface area contributed by atoms with Gasteiger partial charge in [-0.2, -0.15) is 0 Å². The van der Waals surface area contributed by atoms with Crippen LogP contribution in [0.1, 0.15) is 54.4 Å². The molecule has 0 aromatic carbocycles. The molecule has 0 rings (SSSR count). The van der Waals surface area contributed by atoms with Gasteiger partial charge in [-0.15, -0.1) is 0 Å². The van der Waals surface area contributed by atoms with Crippen LogP contribution in [0, 0.1) is 11.8 Å². The summed E-state index contributed by atoms with van der Waals surface area (Å²) in [5, 5.41) is 0. The van der Waals surface area contributed by atoms with Crippen LogP contribution in [-0.2, 0) is 19.1 Å². The summed E-state index contributed by atoms with van der Waals surface area (Å²) in [6, 6.07) is 0. The van der Waals surface area contributed by atoms with Gasteiger partial charge in [0.05, 0.1) is 6.61 Å². The second-order valence-electron chi connectivity index (χ2n) is 6.18. The topological polar surface area (TPSA) is 52.6 Å². The smallest absolute Gasteiger partial charge is 0.306 e. The molecule has 0 amide bonds. The van der Waals surface area contributed by atoms with Gasteiger partial charge in [0.15, 0.2) is 0 Å². The minimum atomic E-state index is -0.477. The Morgan fingerprint density at radius 2 is 1.50 bits per heavy atom. The summed E-state index contributed by atoms with van der Waals surface area (Å²) in [7, 11) is 0. The minimum absolute atomic E-state index is 0.0560. The van der Waals surface area contributed by atoms with E-state index in [1.807, 2.05) is 41.5 Å². The highest BCUT2D eigenvalue weighted by Gasteiger charge is 2.20. The summed E-state index contributed by atoms with van der Waals surface area (Å²) in [5.41, 5.74) is -0.477. The lowest BCUT2D eigenvalue weighted by atomic mass is 10.0. The van der Waals surface area contributed by atoms with E-state index < -0.39 is 5.60 Å². The first-order chi connectivity index (χ1) is 8.10. The van der Waals surface area contributed by atoms with Crippen LogP contribution in [-0.4, -0.2) is 24.1 Å². The molecule has 18 heavy (non-hydrogen) atoms. The molecule has 0 fully saturated rings. The molecular weight excluding hydrogens is 232 g/mol. The van der Waals surface area contributed by atoms with Crippen molar-refractivity contribution in [3.05, 3.63) is 0 Å². The van der Waals surface area contributed by atoms with Gasteiger partial charge in [-0.25, -0.2) is 0 Å². The molecule has 0 bridgehead atoms. The van der Waals surface area contributed by atoms with Crippen molar-refractivity contribution in [3.63, 3.8) is 0 Å². The Morgan fingerprint density at radius 3 is 1.94 bits per heavy atom. The third kappa shape index (κ3) is 10.1. The fourth-order valence-corrected chi connectivity index (χ4v) is 1.34. The lowest BCUT2D eigenvalue weighted by molar-refractivity contribution is -0.156. The quantitative estimate of drug-likeness (QED) is 0.687. The van der Waals surface area contributed by atoms with E-state index in [0.29, 0.717) is 12.5 Å². The van der Waals surface area contributed by atoms with E-state index >= 15 is 0 Å². The van der Waals surface area contributed by atoms with Crippen molar-refractivity contribution in [3.8, 4) is 0 Å². The molecule has 0 N–H and O–H groups in total. The minimum Gasteiger partial charge on any atom is -0.465 e. The number of hydrogen-bond acceptors (Lipinski definition) is 4. The fraction of sp³-hybridized carbons (Fsp3) is 0.857. The summed E-state index contributed by atoms with van der Waals surface area (Å²) < 4.78 is 10.3. The first-order valence-electron chi connectivity index (χ1n) is 6.47. The van der Waals surface area contributed by atoms with Gasteiger partial charge in [-0.05, 0) is 32.6 Å². The molecule has 0 aromatic rings. The van der Waals surface area contributed by atoms with Gasteiger partial charge in [0.1, 0.15) is 5.60 Å². The number of ether oxygens (including phenoxy) is 2. The maximum atomic E-state index is 11.5. The molecule has 106 valence electrons. The molecule has 0 spiro atoms. The van der Waals surface area contributed by atoms with Gasteiger partial charge >= 0.3 is 11.9 Å². The molecule has 1 unspecified atom stereocenters. The standard InChI is InChI=1S/C14H26O4/c1-10(2)9-17-12(15)7-11(3)8-13(16)18-14(4,5)6/h10-11H,7-9H2,1-6H3. The van der Waals surface area contributed by atoms with Crippen molar-refractivity contribution in [2.75, 3.05) is 6.61 Å². The first kappa shape index (κ1) is 16.9. The van der Waals surface area contributed by atoms with Crippen LogP contribution in [0.3, 0.4) is 0 Å². The average Bonchev–Trinajstić information content (AvgIpc) is 2.10. The van der Waals surface area contributed by atoms with E-state index in [-0.39, 0.29) is 30.7 Å². The second kappa shape index (κ2) is 7.39. The Labute approximate surface area is 110 Å². The Balaban J connectivity index is 3.93.